The highest BCUT2D eigenvalue weighted by atomic mass is 35.5. The number of carbonyl (C=O) groups is 3. The van der Waals surface area contributed by atoms with Crippen LogP contribution in [0.3, 0.4) is 0 Å². The molecule has 0 aromatic heterocycles. The maximum Gasteiger partial charge on any atom is 0.337 e. The Bertz CT molecular complexity index is 1010. The molecule has 1 N–H and O–H groups in total. The van der Waals surface area contributed by atoms with Crippen molar-refractivity contribution >= 4 is 29.3 Å². The van der Waals surface area contributed by atoms with Crippen molar-refractivity contribution in [1.82, 2.24) is 5.32 Å². The van der Waals surface area contributed by atoms with Crippen molar-refractivity contribution in [1.29, 1.82) is 0 Å². The highest BCUT2D eigenvalue weighted by Gasteiger charge is 2.48. The number of benzene rings is 1. The van der Waals surface area contributed by atoms with Crippen molar-refractivity contribution in [2.75, 3.05) is 7.11 Å². The minimum atomic E-state index is -1.11. The third-order valence-electron chi connectivity index (χ3n) is 6.13. The molecule has 0 saturated carbocycles. The number of methoxy groups -OCH3 is 1. The van der Waals surface area contributed by atoms with E-state index in [1.54, 1.807) is 20.8 Å². The summed E-state index contributed by atoms with van der Waals surface area (Å²) >= 11 is 6.39. The number of nitrogens with one attached hydrogen (secondary N) is 1. The average Bonchev–Trinajstić information content (AvgIpc) is 2.72. The van der Waals surface area contributed by atoms with Gasteiger partial charge >= 0.3 is 11.9 Å². The number of dihydropyridines is 1. The molecule has 2 aliphatic rings. The Morgan fingerprint density at radius 3 is 2.62 bits per heavy atom. The Morgan fingerprint density at radius 2 is 2.03 bits per heavy atom. The van der Waals surface area contributed by atoms with Crippen LogP contribution in [-0.2, 0) is 23.9 Å². The number of allylic oxidation sites excluding steroid dienone is 3. The van der Waals surface area contributed by atoms with Crippen LogP contribution < -0.4 is 5.32 Å². The molecule has 6 nitrogen and oxygen atoms in total. The van der Waals surface area contributed by atoms with Gasteiger partial charge in [-0.3, -0.25) is 9.59 Å². The topological polar surface area (TPSA) is 81.7 Å². The van der Waals surface area contributed by atoms with Gasteiger partial charge in [-0.05, 0) is 44.7 Å². The zero-order valence-electron chi connectivity index (χ0n) is 18.8. The Hall–Kier alpha value is -2.67. The number of rotatable bonds is 5. The van der Waals surface area contributed by atoms with E-state index in [4.69, 9.17) is 21.1 Å². The fourth-order valence-corrected chi connectivity index (χ4v) is 4.63. The van der Waals surface area contributed by atoms with E-state index in [1.807, 2.05) is 6.92 Å². The van der Waals surface area contributed by atoms with Gasteiger partial charge in [0, 0.05) is 27.6 Å². The number of halogens is 2. The fraction of sp³-hybridized carbons (Fsp3) is 0.458. The third kappa shape index (κ3) is 4.18. The Labute approximate surface area is 191 Å². The Balaban J connectivity index is 2.23. The number of hydrogen-bond acceptors (Lipinski definition) is 6. The first kappa shape index (κ1) is 24.0. The van der Waals surface area contributed by atoms with Crippen molar-refractivity contribution in [2.24, 2.45) is 11.8 Å². The van der Waals surface area contributed by atoms with E-state index in [-0.39, 0.29) is 33.8 Å². The molecule has 8 heteroatoms. The van der Waals surface area contributed by atoms with Gasteiger partial charge < -0.3 is 14.8 Å². The Morgan fingerprint density at radius 1 is 1.34 bits per heavy atom. The first-order valence-electron chi connectivity index (χ1n) is 10.6. The molecular formula is C24H27ClFNO5. The highest BCUT2D eigenvalue weighted by molar-refractivity contribution is 6.31. The molecule has 0 fully saturated rings. The Kier molecular flexibility index (Phi) is 7.08. The first-order valence-corrected chi connectivity index (χ1v) is 11.0. The molecule has 0 bridgehead atoms. The summed E-state index contributed by atoms with van der Waals surface area (Å²) in [5.41, 5.74) is 1.25. The predicted molar refractivity (Wildman–Crippen MR) is 117 cm³/mol. The molecular weight excluding hydrogens is 437 g/mol. The minimum absolute atomic E-state index is 0.00476. The van der Waals surface area contributed by atoms with Gasteiger partial charge in [-0.25, -0.2) is 9.18 Å². The first-order chi connectivity index (χ1) is 15.1. The van der Waals surface area contributed by atoms with Gasteiger partial charge in [0.15, 0.2) is 5.78 Å². The van der Waals surface area contributed by atoms with Gasteiger partial charge in [0.1, 0.15) is 11.7 Å². The van der Waals surface area contributed by atoms with E-state index in [9.17, 15) is 14.4 Å². The number of Topliss-reactive ketones (excluding diaryl/α,β-unsaturated/α-hetero) is 1. The number of esters is 2. The van der Waals surface area contributed by atoms with E-state index in [0.29, 0.717) is 24.2 Å². The summed E-state index contributed by atoms with van der Waals surface area (Å²) in [6.45, 7) is 7.08. The lowest BCUT2D eigenvalue weighted by atomic mass is 9.69. The van der Waals surface area contributed by atoms with Crippen molar-refractivity contribution in [3.8, 4) is 0 Å². The minimum Gasteiger partial charge on any atom is -0.468 e. The highest BCUT2D eigenvalue weighted by Crippen LogP contribution is 2.47. The van der Waals surface area contributed by atoms with Gasteiger partial charge in [-0.1, -0.05) is 31.5 Å². The van der Waals surface area contributed by atoms with E-state index in [2.05, 4.69) is 5.32 Å². The molecule has 0 amide bonds. The zero-order valence-corrected chi connectivity index (χ0v) is 19.5. The summed E-state index contributed by atoms with van der Waals surface area (Å²) in [4.78, 5) is 39.2. The molecule has 172 valence electrons. The second-order valence-electron chi connectivity index (χ2n) is 8.29. The smallest absolute Gasteiger partial charge is 0.337 e. The van der Waals surface area contributed by atoms with Crippen molar-refractivity contribution in [3.63, 3.8) is 0 Å². The average molecular weight is 464 g/mol. The molecule has 1 aromatic carbocycles. The largest absolute Gasteiger partial charge is 0.468 e. The molecule has 1 aliphatic carbocycles. The lowest BCUT2D eigenvalue weighted by molar-refractivity contribution is -0.151. The van der Waals surface area contributed by atoms with Crippen LogP contribution >= 0.6 is 11.6 Å². The normalized spacial score (nSPS) is 24.0. The molecule has 3 rings (SSSR count). The second-order valence-corrected chi connectivity index (χ2v) is 8.70. The van der Waals surface area contributed by atoms with Crippen LogP contribution in [0.2, 0.25) is 5.02 Å². The van der Waals surface area contributed by atoms with E-state index in [0.717, 1.165) is 0 Å². The third-order valence-corrected chi connectivity index (χ3v) is 6.46. The van der Waals surface area contributed by atoms with Crippen LogP contribution in [0.15, 0.2) is 40.7 Å². The molecule has 0 spiro atoms. The lowest BCUT2D eigenvalue weighted by Gasteiger charge is -2.38. The lowest BCUT2D eigenvalue weighted by Crippen LogP contribution is -2.43. The summed E-state index contributed by atoms with van der Waals surface area (Å²) < 4.78 is 25.5. The summed E-state index contributed by atoms with van der Waals surface area (Å²) in [7, 11) is 1.22. The molecule has 4 atom stereocenters. The summed E-state index contributed by atoms with van der Waals surface area (Å²) in [6, 6.07) is 4.18. The van der Waals surface area contributed by atoms with Gasteiger partial charge in [-0.2, -0.15) is 0 Å². The van der Waals surface area contributed by atoms with Crippen molar-refractivity contribution in [2.45, 2.75) is 52.6 Å². The van der Waals surface area contributed by atoms with E-state index >= 15 is 4.39 Å². The van der Waals surface area contributed by atoms with Crippen LogP contribution in [0.4, 0.5) is 4.39 Å². The molecule has 1 aliphatic heterocycles. The van der Waals surface area contributed by atoms with Gasteiger partial charge in [-0.15, -0.1) is 0 Å². The molecule has 0 unspecified atom stereocenters. The second kappa shape index (κ2) is 9.45. The molecule has 1 heterocycles. The quantitative estimate of drug-likeness (QED) is 0.513. The van der Waals surface area contributed by atoms with E-state index < -0.39 is 35.4 Å². The van der Waals surface area contributed by atoms with Gasteiger partial charge in [0.2, 0.25) is 0 Å². The maximum absolute atomic E-state index is 15.1. The van der Waals surface area contributed by atoms with Crippen LogP contribution in [0, 0.1) is 17.7 Å². The van der Waals surface area contributed by atoms with Crippen LogP contribution in [0.5, 0.6) is 0 Å². The van der Waals surface area contributed by atoms with Gasteiger partial charge in [0.25, 0.3) is 0 Å². The molecule has 0 radical (unpaired) electrons. The van der Waals surface area contributed by atoms with E-state index in [1.165, 1.54) is 25.3 Å². The predicted octanol–water partition coefficient (Wildman–Crippen LogP) is 4.43. The molecule has 0 saturated heterocycles. The molecule has 1 aromatic rings. The standard InChI is InChI=1S/C24H27ClFNO5/c1-6-12(3)32-24(30)18-13(4)27-16-10-11(2)17(23(29)31-5)22(28)20(16)21(18)19-14(25)8-7-9-15(19)26/h7-9,11-12,17,21,27H,6,10H2,1-5H3/t11-,12-,17+,21-/m0/s1. The summed E-state index contributed by atoms with van der Waals surface area (Å²) in [6.07, 6.45) is 0.569. The molecule has 32 heavy (non-hydrogen) atoms. The summed E-state index contributed by atoms with van der Waals surface area (Å²) in [5.74, 6) is -4.99. The van der Waals surface area contributed by atoms with Crippen LogP contribution in [0.25, 0.3) is 0 Å². The number of ketones is 1. The monoisotopic (exact) mass is 463 g/mol. The number of hydrogen-bond donors (Lipinski definition) is 1. The summed E-state index contributed by atoms with van der Waals surface area (Å²) in [5, 5.41) is 3.21. The fourth-order valence-electron chi connectivity index (χ4n) is 4.36. The van der Waals surface area contributed by atoms with Gasteiger partial charge in [0.05, 0.1) is 24.7 Å². The SMILES string of the molecule is CC[C@H](C)OC(=O)C1=C(C)NC2=C(C(=O)[C@H](C(=O)OC)[C@@H](C)C2)[C@@H]1c1c(F)cccc1Cl. The van der Waals surface area contributed by atoms with Crippen LogP contribution in [0.1, 0.15) is 52.0 Å². The van der Waals surface area contributed by atoms with Crippen LogP contribution in [-0.4, -0.2) is 30.9 Å². The number of ether oxygens (including phenoxy) is 2. The van der Waals surface area contributed by atoms with Crippen molar-refractivity contribution in [3.05, 3.63) is 57.1 Å². The maximum atomic E-state index is 15.1. The van der Waals surface area contributed by atoms with Crippen molar-refractivity contribution < 1.29 is 28.2 Å². The number of carbonyl (C=O) groups excluding carboxylic acids is 3. The zero-order chi connectivity index (χ0) is 23.7.